The molecule has 6 heteroatoms. The largest absolute Gasteiger partial charge is 0.381 e. The van der Waals surface area contributed by atoms with Crippen LogP contribution in [0.15, 0.2) is 18.2 Å². The highest BCUT2D eigenvalue weighted by Gasteiger charge is 2.18. The third kappa shape index (κ3) is 3.08. The molecule has 1 aliphatic rings. The van der Waals surface area contributed by atoms with Crippen LogP contribution >= 0.6 is 11.6 Å². The Bertz CT molecular complexity index is 419. The summed E-state index contributed by atoms with van der Waals surface area (Å²) in [6, 6.07) is 4.51. The van der Waals surface area contributed by atoms with Crippen molar-refractivity contribution in [2.75, 3.05) is 25.1 Å². The van der Waals surface area contributed by atoms with Crippen LogP contribution in [0, 0.1) is 16.0 Å². The van der Waals surface area contributed by atoms with Gasteiger partial charge in [0.25, 0.3) is 5.69 Å². The molecule has 0 saturated carbocycles. The van der Waals surface area contributed by atoms with E-state index in [1.807, 2.05) is 0 Å². The number of benzene rings is 1. The summed E-state index contributed by atoms with van der Waals surface area (Å²) in [6.45, 7) is 2.15. The van der Waals surface area contributed by atoms with Gasteiger partial charge in [0, 0.05) is 30.2 Å². The molecule has 17 heavy (non-hydrogen) atoms. The summed E-state index contributed by atoms with van der Waals surface area (Å²) >= 11 is 5.83. The molecule has 0 radical (unpaired) electrons. The number of nitrogens with zero attached hydrogens (tertiary/aromatic N) is 1. The standard InChI is InChI=1S/C11H13ClN2O3/c12-9-1-2-11(14(15)16)10(5-9)13-6-8-3-4-17-7-8/h1-2,5,8,13H,3-4,6-7H2. The number of anilines is 1. The first-order valence-electron chi connectivity index (χ1n) is 5.42. The van der Waals surface area contributed by atoms with Gasteiger partial charge in [0.1, 0.15) is 5.69 Å². The Morgan fingerprint density at radius 1 is 1.59 bits per heavy atom. The fraction of sp³-hybridized carbons (Fsp3) is 0.455. The lowest BCUT2D eigenvalue weighted by Gasteiger charge is -2.11. The van der Waals surface area contributed by atoms with Crippen molar-refractivity contribution >= 4 is 23.0 Å². The molecule has 1 heterocycles. The van der Waals surface area contributed by atoms with Gasteiger partial charge in [0.2, 0.25) is 0 Å². The van der Waals surface area contributed by atoms with Crippen molar-refractivity contribution in [3.8, 4) is 0 Å². The summed E-state index contributed by atoms with van der Waals surface area (Å²) < 4.78 is 5.25. The van der Waals surface area contributed by atoms with Crippen LogP contribution < -0.4 is 5.32 Å². The minimum absolute atomic E-state index is 0.0494. The van der Waals surface area contributed by atoms with E-state index in [0.29, 0.717) is 29.8 Å². The number of halogens is 1. The lowest BCUT2D eigenvalue weighted by molar-refractivity contribution is -0.384. The van der Waals surface area contributed by atoms with Crippen LogP contribution in [-0.4, -0.2) is 24.7 Å². The van der Waals surface area contributed by atoms with Gasteiger partial charge >= 0.3 is 0 Å². The highest BCUT2D eigenvalue weighted by Crippen LogP contribution is 2.28. The van der Waals surface area contributed by atoms with Crippen LogP contribution in [0.1, 0.15) is 6.42 Å². The molecular weight excluding hydrogens is 244 g/mol. The first-order chi connectivity index (χ1) is 8.16. The van der Waals surface area contributed by atoms with Crippen molar-refractivity contribution in [2.45, 2.75) is 6.42 Å². The molecule has 1 fully saturated rings. The molecule has 1 saturated heterocycles. The average molecular weight is 257 g/mol. The molecule has 0 aromatic heterocycles. The van der Waals surface area contributed by atoms with Crippen molar-refractivity contribution in [2.24, 2.45) is 5.92 Å². The van der Waals surface area contributed by atoms with Gasteiger partial charge in [-0.15, -0.1) is 0 Å². The summed E-state index contributed by atoms with van der Waals surface area (Å²) in [5.41, 5.74) is 0.516. The second-order valence-electron chi connectivity index (χ2n) is 4.03. The van der Waals surface area contributed by atoms with E-state index < -0.39 is 4.92 Å². The summed E-state index contributed by atoms with van der Waals surface area (Å²) in [5.74, 6) is 0.411. The molecular formula is C11H13ClN2O3. The van der Waals surface area contributed by atoms with Gasteiger partial charge in [-0.1, -0.05) is 11.6 Å². The fourth-order valence-corrected chi connectivity index (χ4v) is 1.98. The van der Waals surface area contributed by atoms with Gasteiger partial charge in [0.05, 0.1) is 11.5 Å². The Labute approximate surface area is 104 Å². The van der Waals surface area contributed by atoms with Crippen LogP contribution in [0.4, 0.5) is 11.4 Å². The number of ether oxygens (including phenoxy) is 1. The monoisotopic (exact) mass is 256 g/mol. The van der Waals surface area contributed by atoms with E-state index in [9.17, 15) is 10.1 Å². The van der Waals surface area contributed by atoms with E-state index in [1.165, 1.54) is 12.1 Å². The highest BCUT2D eigenvalue weighted by atomic mass is 35.5. The normalized spacial score (nSPS) is 19.2. The van der Waals surface area contributed by atoms with Gasteiger partial charge in [-0.25, -0.2) is 0 Å². The summed E-state index contributed by atoms with van der Waals surface area (Å²) in [5, 5.41) is 14.4. The smallest absolute Gasteiger partial charge is 0.292 e. The molecule has 0 bridgehead atoms. The van der Waals surface area contributed by atoms with Crippen LogP contribution in [0.3, 0.4) is 0 Å². The molecule has 1 unspecified atom stereocenters. The van der Waals surface area contributed by atoms with Gasteiger partial charge < -0.3 is 10.1 Å². The molecule has 5 nitrogen and oxygen atoms in total. The quantitative estimate of drug-likeness (QED) is 0.664. The van der Waals surface area contributed by atoms with E-state index in [1.54, 1.807) is 6.07 Å². The summed E-state index contributed by atoms with van der Waals surface area (Å²) in [6.07, 6.45) is 0.987. The van der Waals surface area contributed by atoms with Crippen molar-refractivity contribution in [1.82, 2.24) is 0 Å². The minimum atomic E-state index is -0.413. The highest BCUT2D eigenvalue weighted by molar-refractivity contribution is 6.31. The van der Waals surface area contributed by atoms with Crippen molar-refractivity contribution in [3.05, 3.63) is 33.3 Å². The molecule has 1 N–H and O–H groups in total. The van der Waals surface area contributed by atoms with Crippen LogP contribution in [0.25, 0.3) is 0 Å². The number of hydrogen-bond donors (Lipinski definition) is 1. The Balaban J connectivity index is 2.07. The second kappa shape index (κ2) is 5.33. The molecule has 0 amide bonds. The molecule has 0 spiro atoms. The number of nitrogens with one attached hydrogen (secondary N) is 1. The maximum Gasteiger partial charge on any atom is 0.292 e. The Morgan fingerprint density at radius 2 is 2.41 bits per heavy atom. The number of rotatable bonds is 4. The minimum Gasteiger partial charge on any atom is -0.381 e. The van der Waals surface area contributed by atoms with E-state index in [4.69, 9.17) is 16.3 Å². The Kier molecular flexibility index (Phi) is 3.81. The SMILES string of the molecule is O=[N+]([O-])c1ccc(Cl)cc1NCC1CCOC1. The number of nitro groups is 1. The van der Waals surface area contributed by atoms with Crippen LogP contribution in [-0.2, 0) is 4.74 Å². The van der Waals surface area contributed by atoms with Gasteiger partial charge in [0.15, 0.2) is 0 Å². The molecule has 0 aliphatic carbocycles. The molecule has 2 rings (SSSR count). The zero-order valence-electron chi connectivity index (χ0n) is 9.19. The zero-order valence-corrected chi connectivity index (χ0v) is 9.94. The maximum atomic E-state index is 10.8. The summed E-state index contributed by atoms with van der Waals surface area (Å²) in [7, 11) is 0. The fourth-order valence-electron chi connectivity index (χ4n) is 1.81. The molecule has 1 atom stereocenters. The van der Waals surface area contributed by atoms with Gasteiger partial charge in [-0.2, -0.15) is 0 Å². The van der Waals surface area contributed by atoms with Gasteiger partial charge in [-0.05, 0) is 18.6 Å². The van der Waals surface area contributed by atoms with Crippen molar-refractivity contribution in [1.29, 1.82) is 0 Å². The lowest BCUT2D eigenvalue weighted by atomic mass is 10.1. The second-order valence-corrected chi connectivity index (χ2v) is 4.47. The lowest BCUT2D eigenvalue weighted by Crippen LogP contribution is -2.14. The Morgan fingerprint density at radius 3 is 3.06 bits per heavy atom. The van der Waals surface area contributed by atoms with E-state index >= 15 is 0 Å². The van der Waals surface area contributed by atoms with Crippen molar-refractivity contribution in [3.63, 3.8) is 0 Å². The van der Waals surface area contributed by atoms with Gasteiger partial charge in [-0.3, -0.25) is 10.1 Å². The maximum absolute atomic E-state index is 10.8. The number of nitro benzene ring substituents is 1. The predicted octanol–water partition coefficient (Wildman–Crippen LogP) is 2.70. The number of hydrogen-bond acceptors (Lipinski definition) is 4. The molecule has 1 aromatic rings. The summed E-state index contributed by atoms with van der Waals surface area (Å²) in [4.78, 5) is 10.4. The first-order valence-corrected chi connectivity index (χ1v) is 5.80. The zero-order chi connectivity index (χ0) is 12.3. The third-order valence-corrected chi connectivity index (χ3v) is 3.00. The predicted molar refractivity (Wildman–Crippen MR) is 65.5 cm³/mol. The molecule has 1 aromatic carbocycles. The average Bonchev–Trinajstić information content (AvgIpc) is 2.78. The Hall–Kier alpha value is -1.33. The third-order valence-electron chi connectivity index (χ3n) is 2.76. The van der Waals surface area contributed by atoms with E-state index in [2.05, 4.69) is 5.32 Å². The van der Waals surface area contributed by atoms with Crippen LogP contribution in [0.2, 0.25) is 5.02 Å². The van der Waals surface area contributed by atoms with Crippen LogP contribution in [0.5, 0.6) is 0 Å². The molecule has 92 valence electrons. The van der Waals surface area contributed by atoms with Crippen molar-refractivity contribution < 1.29 is 9.66 Å². The first kappa shape index (κ1) is 12.1. The topological polar surface area (TPSA) is 64.4 Å². The van der Waals surface area contributed by atoms with E-state index in [0.717, 1.165) is 13.0 Å². The van der Waals surface area contributed by atoms with E-state index in [-0.39, 0.29) is 5.69 Å². The molecule has 1 aliphatic heterocycles.